The summed E-state index contributed by atoms with van der Waals surface area (Å²) in [6.45, 7) is 2.43. The van der Waals surface area contributed by atoms with Gasteiger partial charge in [0.2, 0.25) is 0 Å². The van der Waals surface area contributed by atoms with Crippen molar-refractivity contribution in [1.82, 2.24) is 24.6 Å². The fourth-order valence-corrected chi connectivity index (χ4v) is 3.07. The molecule has 2 aromatic heterocycles. The molecule has 2 aliphatic rings. The van der Waals surface area contributed by atoms with Gasteiger partial charge in [-0.15, -0.1) is 0 Å². The van der Waals surface area contributed by atoms with Crippen LogP contribution < -0.4 is 10.5 Å². The lowest BCUT2D eigenvalue weighted by Crippen LogP contribution is -2.40. The standard InChI is InChI=1S/C16H20N6O2/c17-16(23)21-4-3-15-13(8-21)14(20-22(15)7-11-1-2-11)9-24-12-5-18-10-19-6-12/h5-6,10-11H,1-4,7-9H2,(H2,17,23). The Hall–Kier alpha value is -2.64. The van der Waals surface area contributed by atoms with Crippen LogP contribution in [-0.2, 0) is 26.1 Å². The van der Waals surface area contributed by atoms with Gasteiger partial charge < -0.3 is 15.4 Å². The summed E-state index contributed by atoms with van der Waals surface area (Å²) in [6.07, 6.45) is 8.04. The molecule has 0 bridgehead atoms. The van der Waals surface area contributed by atoms with E-state index in [0.29, 0.717) is 25.4 Å². The van der Waals surface area contributed by atoms with Crippen LogP contribution in [0.5, 0.6) is 5.75 Å². The van der Waals surface area contributed by atoms with Crippen molar-refractivity contribution in [2.45, 2.75) is 39.0 Å². The number of nitrogens with zero attached hydrogens (tertiary/aromatic N) is 5. The van der Waals surface area contributed by atoms with Gasteiger partial charge in [0.15, 0.2) is 5.75 Å². The first-order valence-electron chi connectivity index (χ1n) is 8.20. The lowest BCUT2D eigenvalue weighted by atomic mass is 10.1. The quantitative estimate of drug-likeness (QED) is 0.886. The predicted octanol–water partition coefficient (Wildman–Crippen LogP) is 1.10. The van der Waals surface area contributed by atoms with Gasteiger partial charge >= 0.3 is 6.03 Å². The Morgan fingerprint density at radius 3 is 2.83 bits per heavy atom. The Kier molecular flexibility index (Phi) is 3.79. The minimum atomic E-state index is -0.390. The molecule has 8 heteroatoms. The van der Waals surface area contributed by atoms with Crippen LogP contribution >= 0.6 is 0 Å². The number of primary amides is 1. The SMILES string of the molecule is NC(=O)N1CCc2c(c(COc3cncnc3)nn2CC2CC2)C1. The number of carbonyl (C=O) groups is 1. The number of urea groups is 1. The average Bonchev–Trinajstić information content (AvgIpc) is 3.35. The molecule has 0 saturated heterocycles. The molecule has 2 N–H and O–H groups in total. The molecule has 1 aliphatic heterocycles. The molecule has 24 heavy (non-hydrogen) atoms. The second kappa shape index (κ2) is 6.10. The number of aromatic nitrogens is 4. The van der Waals surface area contributed by atoms with Crippen molar-refractivity contribution in [2.75, 3.05) is 6.54 Å². The minimum absolute atomic E-state index is 0.333. The molecular formula is C16H20N6O2. The lowest BCUT2D eigenvalue weighted by Gasteiger charge is -2.26. The normalized spacial score (nSPS) is 16.8. The topological polar surface area (TPSA) is 99.2 Å². The van der Waals surface area contributed by atoms with Crippen LogP contribution in [0.25, 0.3) is 0 Å². The maximum absolute atomic E-state index is 11.5. The maximum Gasteiger partial charge on any atom is 0.315 e. The fraction of sp³-hybridized carbons (Fsp3) is 0.500. The summed E-state index contributed by atoms with van der Waals surface area (Å²) >= 11 is 0. The summed E-state index contributed by atoms with van der Waals surface area (Å²) < 4.78 is 7.85. The molecular weight excluding hydrogens is 308 g/mol. The Labute approximate surface area is 139 Å². The summed E-state index contributed by atoms with van der Waals surface area (Å²) in [5, 5.41) is 4.75. The molecule has 2 amide bonds. The Morgan fingerprint density at radius 1 is 1.33 bits per heavy atom. The zero-order valence-corrected chi connectivity index (χ0v) is 13.4. The zero-order chi connectivity index (χ0) is 16.5. The number of ether oxygens (including phenoxy) is 1. The third kappa shape index (κ3) is 3.04. The van der Waals surface area contributed by atoms with E-state index in [1.54, 1.807) is 17.3 Å². The summed E-state index contributed by atoms with van der Waals surface area (Å²) in [4.78, 5) is 21.1. The van der Waals surface area contributed by atoms with Crippen molar-refractivity contribution in [3.05, 3.63) is 35.7 Å². The van der Waals surface area contributed by atoms with E-state index >= 15 is 0 Å². The van der Waals surface area contributed by atoms with Gasteiger partial charge in [0.1, 0.15) is 18.6 Å². The molecule has 1 saturated carbocycles. The van der Waals surface area contributed by atoms with Crippen LogP contribution in [0, 0.1) is 5.92 Å². The first-order chi connectivity index (χ1) is 11.7. The number of fused-ring (bicyclic) bond motifs is 1. The molecule has 0 aromatic carbocycles. The van der Waals surface area contributed by atoms with Crippen molar-refractivity contribution in [2.24, 2.45) is 11.7 Å². The minimum Gasteiger partial charge on any atom is -0.484 e. The van der Waals surface area contributed by atoms with E-state index < -0.39 is 0 Å². The van der Waals surface area contributed by atoms with Crippen LogP contribution in [0.2, 0.25) is 0 Å². The smallest absolute Gasteiger partial charge is 0.315 e. The van der Waals surface area contributed by atoms with E-state index in [1.807, 2.05) is 0 Å². The Morgan fingerprint density at radius 2 is 2.12 bits per heavy atom. The molecule has 126 valence electrons. The van der Waals surface area contributed by atoms with Crippen LogP contribution in [-0.4, -0.2) is 37.2 Å². The number of amides is 2. The molecule has 2 aromatic rings. The highest BCUT2D eigenvalue weighted by molar-refractivity contribution is 5.72. The van der Waals surface area contributed by atoms with Gasteiger partial charge in [0, 0.05) is 30.8 Å². The number of rotatable bonds is 5. The van der Waals surface area contributed by atoms with Crippen LogP contribution in [0.3, 0.4) is 0 Å². The Bertz CT molecular complexity index is 741. The molecule has 4 rings (SSSR count). The van der Waals surface area contributed by atoms with E-state index in [2.05, 4.69) is 14.6 Å². The fourth-order valence-electron chi connectivity index (χ4n) is 3.07. The highest BCUT2D eigenvalue weighted by Crippen LogP contribution is 2.32. The van der Waals surface area contributed by atoms with Gasteiger partial charge in [0.05, 0.1) is 18.9 Å². The average molecular weight is 328 g/mol. The maximum atomic E-state index is 11.5. The zero-order valence-electron chi connectivity index (χ0n) is 13.4. The van der Waals surface area contributed by atoms with Gasteiger partial charge in [-0.1, -0.05) is 0 Å². The van der Waals surface area contributed by atoms with Crippen molar-refractivity contribution >= 4 is 6.03 Å². The van der Waals surface area contributed by atoms with Gasteiger partial charge in [-0.25, -0.2) is 14.8 Å². The van der Waals surface area contributed by atoms with E-state index in [9.17, 15) is 4.79 Å². The van der Waals surface area contributed by atoms with Gasteiger partial charge in [-0.2, -0.15) is 5.10 Å². The third-order valence-electron chi connectivity index (χ3n) is 4.57. The Balaban J connectivity index is 1.57. The van der Waals surface area contributed by atoms with E-state index in [-0.39, 0.29) is 6.03 Å². The van der Waals surface area contributed by atoms with Gasteiger partial charge in [-0.05, 0) is 18.8 Å². The van der Waals surface area contributed by atoms with Crippen molar-refractivity contribution in [3.63, 3.8) is 0 Å². The number of hydrogen-bond acceptors (Lipinski definition) is 5. The van der Waals surface area contributed by atoms with Crippen LogP contribution in [0.15, 0.2) is 18.7 Å². The van der Waals surface area contributed by atoms with E-state index in [1.165, 1.54) is 24.9 Å². The largest absolute Gasteiger partial charge is 0.484 e. The summed E-state index contributed by atoms with van der Waals surface area (Å²) in [5.41, 5.74) is 8.59. The lowest BCUT2D eigenvalue weighted by molar-refractivity contribution is 0.201. The van der Waals surface area contributed by atoms with Gasteiger partial charge in [0.25, 0.3) is 0 Å². The number of hydrogen-bond donors (Lipinski definition) is 1. The van der Waals surface area contributed by atoms with Crippen LogP contribution in [0.1, 0.15) is 29.8 Å². The molecule has 1 fully saturated rings. The first-order valence-corrected chi connectivity index (χ1v) is 8.20. The van der Waals surface area contributed by atoms with Crippen molar-refractivity contribution in [1.29, 1.82) is 0 Å². The first kappa shape index (κ1) is 14.9. The summed E-state index contributed by atoms with van der Waals surface area (Å²) in [5.74, 6) is 1.34. The molecule has 0 unspecified atom stereocenters. The predicted molar refractivity (Wildman–Crippen MR) is 85.0 cm³/mol. The van der Waals surface area contributed by atoms with Crippen molar-refractivity contribution in [3.8, 4) is 5.75 Å². The highest BCUT2D eigenvalue weighted by atomic mass is 16.5. The molecule has 3 heterocycles. The molecule has 0 radical (unpaired) electrons. The van der Waals surface area contributed by atoms with Crippen molar-refractivity contribution < 1.29 is 9.53 Å². The summed E-state index contributed by atoms with van der Waals surface area (Å²) in [7, 11) is 0. The highest BCUT2D eigenvalue weighted by Gasteiger charge is 2.29. The molecule has 1 aliphatic carbocycles. The molecule has 0 spiro atoms. The number of nitrogens with two attached hydrogens (primary N) is 1. The number of carbonyl (C=O) groups excluding carboxylic acids is 1. The second-order valence-corrected chi connectivity index (χ2v) is 6.37. The third-order valence-corrected chi connectivity index (χ3v) is 4.57. The van der Waals surface area contributed by atoms with Gasteiger partial charge in [-0.3, -0.25) is 4.68 Å². The monoisotopic (exact) mass is 328 g/mol. The van der Waals surface area contributed by atoms with E-state index in [0.717, 1.165) is 30.1 Å². The molecule has 0 atom stereocenters. The summed E-state index contributed by atoms with van der Waals surface area (Å²) in [6, 6.07) is -0.390. The van der Waals surface area contributed by atoms with E-state index in [4.69, 9.17) is 15.6 Å². The molecule has 8 nitrogen and oxygen atoms in total. The van der Waals surface area contributed by atoms with Crippen LogP contribution in [0.4, 0.5) is 4.79 Å². The second-order valence-electron chi connectivity index (χ2n) is 6.37.